The number of nitrogens with one attached hydrogen (secondary N) is 1. The fraction of sp³-hybridized carbons (Fsp3) is 0.176. The number of para-hydroxylation sites is 2. The molecule has 1 atom stereocenters. The lowest BCUT2D eigenvalue weighted by Gasteiger charge is -2.13. The predicted molar refractivity (Wildman–Crippen MR) is 97.5 cm³/mol. The molecule has 2 heterocycles. The number of benzene rings is 1. The van der Waals surface area contributed by atoms with E-state index in [2.05, 4.69) is 5.32 Å². The minimum Gasteiger partial charge on any atom is -0.451 e. The molecule has 3 rings (SSSR count). The molecule has 0 radical (unpaired) electrons. The van der Waals surface area contributed by atoms with Gasteiger partial charge in [0, 0.05) is 0 Å². The second-order valence-corrected chi connectivity index (χ2v) is 6.49. The Labute approximate surface area is 156 Å². The first-order valence-corrected chi connectivity index (χ1v) is 8.71. The molecule has 0 aliphatic heterocycles. The van der Waals surface area contributed by atoms with Crippen molar-refractivity contribution in [3.05, 3.63) is 51.8 Å². The maximum Gasteiger partial charge on any atom is 0.420 e. The molecule has 2 aromatic heterocycles. The summed E-state index contributed by atoms with van der Waals surface area (Å²) in [6.45, 7) is 0.972. The van der Waals surface area contributed by atoms with Crippen LogP contribution in [0.4, 0.5) is 5.00 Å². The van der Waals surface area contributed by atoms with Crippen molar-refractivity contribution in [2.24, 2.45) is 5.73 Å². The molecule has 27 heavy (non-hydrogen) atoms. The van der Waals surface area contributed by atoms with Gasteiger partial charge in [-0.25, -0.2) is 4.79 Å². The van der Waals surface area contributed by atoms with Gasteiger partial charge < -0.3 is 20.2 Å². The van der Waals surface area contributed by atoms with Gasteiger partial charge in [-0.15, -0.1) is 11.3 Å². The zero-order chi connectivity index (χ0) is 19.6. The van der Waals surface area contributed by atoms with Crippen LogP contribution in [0, 0.1) is 0 Å². The van der Waals surface area contributed by atoms with Crippen LogP contribution in [0.15, 0.2) is 44.9 Å². The minimum atomic E-state index is -1.14. The smallest absolute Gasteiger partial charge is 0.420 e. The van der Waals surface area contributed by atoms with Crippen LogP contribution >= 0.6 is 11.3 Å². The van der Waals surface area contributed by atoms with E-state index < -0.39 is 36.2 Å². The van der Waals surface area contributed by atoms with Crippen LogP contribution in [-0.2, 0) is 20.9 Å². The van der Waals surface area contributed by atoms with E-state index in [1.165, 1.54) is 13.0 Å². The average Bonchev–Trinajstić information content (AvgIpc) is 3.20. The van der Waals surface area contributed by atoms with Crippen molar-refractivity contribution in [3.63, 3.8) is 0 Å². The largest absolute Gasteiger partial charge is 0.451 e. The van der Waals surface area contributed by atoms with Crippen molar-refractivity contribution in [2.75, 3.05) is 5.32 Å². The van der Waals surface area contributed by atoms with Crippen LogP contribution in [0.3, 0.4) is 0 Å². The van der Waals surface area contributed by atoms with Crippen LogP contribution in [-0.4, -0.2) is 28.5 Å². The molecule has 0 saturated heterocycles. The molecular weight excluding hydrogens is 374 g/mol. The summed E-state index contributed by atoms with van der Waals surface area (Å²) < 4.78 is 11.2. The fourth-order valence-corrected chi connectivity index (χ4v) is 3.19. The summed E-state index contributed by atoms with van der Waals surface area (Å²) in [6, 6.07) is 8.12. The number of hydrogen-bond acceptors (Lipinski definition) is 7. The van der Waals surface area contributed by atoms with Gasteiger partial charge in [-0.1, -0.05) is 12.1 Å². The number of hydrogen-bond donors (Lipinski definition) is 2. The van der Waals surface area contributed by atoms with Gasteiger partial charge in [0.1, 0.15) is 11.5 Å². The van der Waals surface area contributed by atoms with Gasteiger partial charge in [-0.05, 0) is 30.5 Å². The monoisotopic (exact) mass is 389 g/mol. The highest BCUT2D eigenvalue weighted by atomic mass is 32.1. The van der Waals surface area contributed by atoms with E-state index >= 15 is 0 Å². The number of oxazole rings is 1. The number of nitrogens with zero attached hydrogens (tertiary/aromatic N) is 1. The highest BCUT2D eigenvalue weighted by Gasteiger charge is 2.22. The molecule has 3 aromatic rings. The number of rotatable bonds is 6. The van der Waals surface area contributed by atoms with E-state index in [0.717, 1.165) is 15.9 Å². The van der Waals surface area contributed by atoms with Crippen molar-refractivity contribution in [1.82, 2.24) is 4.57 Å². The van der Waals surface area contributed by atoms with Gasteiger partial charge in [0.15, 0.2) is 11.7 Å². The number of primary amides is 1. The summed E-state index contributed by atoms with van der Waals surface area (Å²) >= 11 is 1.12. The van der Waals surface area contributed by atoms with E-state index in [-0.39, 0.29) is 10.6 Å². The van der Waals surface area contributed by atoms with Crippen LogP contribution in [0.25, 0.3) is 11.1 Å². The van der Waals surface area contributed by atoms with Gasteiger partial charge in [0.05, 0.1) is 11.1 Å². The lowest BCUT2D eigenvalue weighted by atomic mass is 10.3. The number of anilines is 1. The number of nitrogens with two attached hydrogens (primary N) is 1. The maximum atomic E-state index is 12.2. The average molecular weight is 389 g/mol. The van der Waals surface area contributed by atoms with Gasteiger partial charge in [-0.2, -0.15) is 0 Å². The highest BCUT2D eigenvalue weighted by molar-refractivity contribution is 7.14. The van der Waals surface area contributed by atoms with Crippen molar-refractivity contribution < 1.29 is 23.5 Å². The molecule has 0 aliphatic rings. The van der Waals surface area contributed by atoms with E-state index in [9.17, 15) is 19.2 Å². The standard InChI is InChI=1S/C17H15N3O6S/c1-9(15(23)19-16-10(14(18)22)6-7-27-16)25-13(21)8-20-11-4-2-3-5-12(11)26-17(20)24/h2-7,9H,8H2,1H3,(H2,18,22)(H,19,23)/t9-/m0/s1. The first-order chi connectivity index (χ1) is 12.9. The minimum absolute atomic E-state index is 0.170. The van der Waals surface area contributed by atoms with Crippen LogP contribution in [0.2, 0.25) is 0 Å². The third-order valence-electron chi connectivity index (χ3n) is 3.71. The summed E-state index contributed by atoms with van der Waals surface area (Å²) in [5.41, 5.74) is 6.18. The molecule has 0 fully saturated rings. The Morgan fingerprint density at radius 3 is 2.78 bits per heavy atom. The van der Waals surface area contributed by atoms with Gasteiger partial charge in [0.2, 0.25) is 0 Å². The number of amides is 2. The van der Waals surface area contributed by atoms with Crippen molar-refractivity contribution >= 4 is 45.2 Å². The number of carbonyl (C=O) groups is 3. The molecule has 1 aromatic carbocycles. The lowest BCUT2D eigenvalue weighted by Crippen LogP contribution is -2.32. The summed E-state index contributed by atoms with van der Waals surface area (Å²) in [5.74, 6) is -2.79. The van der Waals surface area contributed by atoms with E-state index in [1.807, 2.05) is 0 Å². The molecule has 0 unspecified atom stereocenters. The Morgan fingerprint density at radius 1 is 1.30 bits per heavy atom. The second kappa shape index (κ2) is 7.46. The number of thiophene rings is 1. The summed E-state index contributed by atoms with van der Waals surface area (Å²) in [5, 5.41) is 4.36. The Hall–Kier alpha value is -3.40. The van der Waals surface area contributed by atoms with Gasteiger partial charge >= 0.3 is 11.7 Å². The number of esters is 1. The highest BCUT2D eigenvalue weighted by Crippen LogP contribution is 2.23. The van der Waals surface area contributed by atoms with E-state index in [4.69, 9.17) is 14.9 Å². The number of carbonyl (C=O) groups excluding carboxylic acids is 3. The predicted octanol–water partition coefficient (Wildman–Crippen LogP) is 1.33. The first kappa shape index (κ1) is 18.4. The summed E-state index contributed by atoms with van der Waals surface area (Å²) in [4.78, 5) is 47.5. The SMILES string of the molecule is C[C@H](OC(=O)Cn1c(=O)oc2ccccc21)C(=O)Nc1sccc1C(N)=O. The molecule has 3 N–H and O–H groups in total. The van der Waals surface area contributed by atoms with Crippen molar-refractivity contribution in [2.45, 2.75) is 19.6 Å². The molecule has 0 saturated carbocycles. The molecule has 0 spiro atoms. The summed E-state index contributed by atoms with van der Waals surface area (Å²) in [6.07, 6.45) is -1.14. The Morgan fingerprint density at radius 2 is 2.04 bits per heavy atom. The third kappa shape index (κ3) is 3.90. The van der Waals surface area contributed by atoms with Crippen LogP contribution in [0.5, 0.6) is 0 Å². The Kier molecular flexibility index (Phi) is 5.08. The molecular formula is C17H15N3O6S. The zero-order valence-corrected chi connectivity index (χ0v) is 14.9. The second-order valence-electron chi connectivity index (χ2n) is 5.57. The molecule has 0 bridgehead atoms. The van der Waals surface area contributed by atoms with E-state index in [1.54, 1.807) is 29.6 Å². The quantitative estimate of drug-likeness (QED) is 0.611. The molecule has 10 heteroatoms. The van der Waals surface area contributed by atoms with Crippen LogP contribution in [0.1, 0.15) is 17.3 Å². The van der Waals surface area contributed by atoms with Gasteiger partial charge in [0.25, 0.3) is 11.8 Å². The molecule has 140 valence electrons. The first-order valence-electron chi connectivity index (χ1n) is 7.83. The van der Waals surface area contributed by atoms with E-state index in [0.29, 0.717) is 11.1 Å². The number of fused-ring (bicyclic) bond motifs is 1. The zero-order valence-electron chi connectivity index (χ0n) is 14.1. The topological polar surface area (TPSA) is 134 Å². The number of aromatic nitrogens is 1. The normalized spacial score (nSPS) is 11.9. The maximum absolute atomic E-state index is 12.2. The van der Waals surface area contributed by atoms with Crippen molar-refractivity contribution in [1.29, 1.82) is 0 Å². The molecule has 2 amide bonds. The lowest BCUT2D eigenvalue weighted by molar-refractivity contribution is -0.153. The van der Waals surface area contributed by atoms with Gasteiger partial charge in [-0.3, -0.25) is 19.0 Å². The third-order valence-corrected chi connectivity index (χ3v) is 4.54. The van der Waals surface area contributed by atoms with Crippen LogP contribution < -0.4 is 16.8 Å². The Balaban J connectivity index is 1.65. The molecule has 9 nitrogen and oxygen atoms in total. The summed E-state index contributed by atoms with van der Waals surface area (Å²) in [7, 11) is 0. The number of ether oxygens (including phenoxy) is 1. The van der Waals surface area contributed by atoms with Crippen molar-refractivity contribution in [3.8, 4) is 0 Å². The fourth-order valence-electron chi connectivity index (χ4n) is 2.39. The Bertz CT molecular complexity index is 1080. The molecule has 0 aliphatic carbocycles.